The molecule has 0 amide bonds. The summed E-state index contributed by atoms with van der Waals surface area (Å²) in [6, 6.07) is 2.54. The van der Waals surface area contributed by atoms with E-state index >= 15 is 0 Å². The minimum atomic E-state index is -0.671. The monoisotopic (exact) mass is 298 g/mol. The van der Waals surface area contributed by atoms with Gasteiger partial charge in [-0.15, -0.1) is 0 Å². The largest absolute Gasteiger partial charge is 0.398 e. The van der Waals surface area contributed by atoms with Crippen LogP contribution in [0.5, 0.6) is 0 Å². The fourth-order valence-electron chi connectivity index (χ4n) is 1.94. The molecule has 1 aliphatic rings. The molecule has 1 fully saturated rings. The summed E-state index contributed by atoms with van der Waals surface area (Å²) < 4.78 is 27.3. The smallest absolute Gasteiger partial charge is 0.152 e. The first-order valence-electron chi connectivity index (χ1n) is 5.31. The van der Waals surface area contributed by atoms with Gasteiger partial charge in [0, 0.05) is 28.8 Å². The number of anilines is 1. The number of aromatic nitrogens is 1. The minimum Gasteiger partial charge on any atom is -0.398 e. The average Bonchev–Trinajstić information content (AvgIpc) is 3.09. The Balaban J connectivity index is 2.38. The molecule has 0 bridgehead atoms. The fraction of sp³-hybridized carbons (Fsp3) is 0.250. The van der Waals surface area contributed by atoms with E-state index in [1.54, 1.807) is 6.07 Å². The maximum Gasteiger partial charge on any atom is 0.152 e. The van der Waals surface area contributed by atoms with Crippen LogP contribution in [0.4, 0.5) is 14.5 Å². The molecular formula is C12H9BrF2N2. The molecule has 0 radical (unpaired) electrons. The van der Waals surface area contributed by atoms with Gasteiger partial charge in [0.1, 0.15) is 11.3 Å². The maximum absolute atomic E-state index is 13.7. The molecule has 88 valence electrons. The predicted molar refractivity (Wildman–Crippen MR) is 65.7 cm³/mol. The van der Waals surface area contributed by atoms with Crippen molar-refractivity contribution in [2.75, 3.05) is 5.73 Å². The van der Waals surface area contributed by atoms with Gasteiger partial charge in [0.15, 0.2) is 5.82 Å². The van der Waals surface area contributed by atoms with Crippen LogP contribution >= 0.6 is 15.9 Å². The summed E-state index contributed by atoms with van der Waals surface area (Å²) in [7, 11) is 0. The summed E-state index contributed by atoms with van der Waals surface area (Å²) >= 11 is 3.08. The number of nitrogen functional groups attached to an aromatic ring is 1. The lowest BCUT2D eigenvalue weighted by Crippen LogP contribution is -1.98. The molecular weight excluding hydrogens is 290 g/mol. The van der Waals surface area contributed by atoms with E-state index in [0.717, 1.165) is 24.6 Å². The molecule has 5 heteroatoms. The molecule has 0 atom stereocenters. The molecule has 2 N–H and O–H groups in total. The van der Waals surface area contributed by atoms with Gasteiger partial charge in [0.2, 0.25) is 0 Å². The van der Waals surface area contributed by atoms with E-state index < -0.39 is 11.6 Å². The number of hydrogen-bond donors (Lipinski definition) is 1. The van der Waals surface area contributed by atoms with E-state index in [1.165, 1.54) is 0 Å². The summed E-state index contributed by atoms with van der Waals surface area (Å²) in [5.74, 6) is -0.956. The third-order valence-corrected chi connectivity index (χ3v) is 3.75. The van der Waals surface area contributed by atoms with Crippen molar-refractivity contribution in [3.63, 3.8) is 0 Å². The molecule has 0 saturated heterocycles. The molecule has 1 aromatic heterocycles. The Morgan fingerprint density at radius 2 is 1.94 bits per heavy atom. The molecule has 1 heterocycles. The van der Waals surface area contributed by atoms with Gasteiger partial charge in [-0.1, -0.05) is 0 Å². The van der Waals surface area contributed by atoms with E-state index in [4.69, 9.17) is 5.73 Å². The number of benzene rings is 1. The zero-order chi connectivity index (χ0) is 12.2. The summed E-state index contributed by atoms with van der Waals surface area (Å²) in [6.45, 7) is 0. The van der Waals surface area contributed by atoms with Crippen molar-refractivity contribution >= 4 is 32.5 Å². The van der Waals surface area contributed by atoms with Gasteiger partial charge in [0.05, 0.1) is 4.47 Å². The number of halogens is 3. The standard InChI is InChI=1S/C12H9BrF2N2/c13-11-6(14)3-7(15)12-10(11)8(16)4-9(17-12)5-1-2-5/h3-5H,1-2H2,(H2,16,17). The van der Waals surface area contributed by atoms with Crippen LogP contribution in [0.25, 0.3) is 10.9 Å². The van der Waals surface area contributed by atoms with E-state index in [0.29, 0.717) is 17.0 Å². The van der Waals surface area contributed by atoms with Crippen molar-refractivity contribution in [1.82, 2.24) is 4.98 Å². The van der Waals surface area contributed by atoms with Crippen molar-refractivity contribution in [2.45, 2.75) is 18.8 Å². The second kappa shape index (κ2) is 3.63. The Bertz CT molecular complexity index is 624. The first kappa shape index (κ1) is 10.9. The topological polar surface area (TPSA) is 38.9 Å². The lowest BCUT2D eigenvalue weighted by Gasteiger charge is -2.08. The van der Waals surface area contributed by atoms with Gasteiger partial charge in [-0.05, 0) is 34.8 Å². The van der Waals surface area contributed by atoms with E-state index in [-0.39, 0.29) is 9.99 Å². The van der Waals surface area contributed by atoms with Crippen LogP contribution in [0.1, 0.15) is 24.5 Å². The second-order valence-electron chi connectivity index (χ2n) is 4.29. The molecule has 0 aliphatic heterocycles. The van der Waals surface area contributed by atoms with Crippen molar-refractivity contribution in [3.8, 4) is 0 Å². The zero-order valence-corrected chi connectivity index (χ0v) is 10.4. The Morgan fingerprint density at radius 3 is 2.59 bits per heavy atom. The number of nitrogens with two attached hydrogens (primary N) is 1. The van der Waals surface area contributed by atoms with Crippen LogP contribution in [0, 0.1) is 11.6 Å². The SMILES string of the molecule is Nc1cc(C2CC2)nc2c(F)cc(F)c(Br)c12. The Kier molecular flexibility index (Phi) is 2.33. The third-order valence-electron chi connectivity index (χ3n) is 2.97. The van der Waals surface area contributed by atoms with Crippen molar-refractivity contribution in [3.05, 3.63) is 33.9 Å². The van der Waals surface area contributed by atoms with Crippen LogP contribution < -0.4 is 5.73 Å². The first-order chi connectivity index (χ1) is 8.08. The Hall–Kier alpha value is -1.23. The lowest BCUT2D eigenvalue weighted by atomic mass is 10.1. The molecule has 17 heavy (non-hydrogen) atoms. The highest BCUT2D eigenvalue weighted by molar-refractivity contribution is 9.10. The number of nitrogens with zero attached hydrogens (tertiary/aromatic N) is 1. The lowest BCUT2D eigenvalue weighted by molar-refractivity contribution is 0.586. The quantitative estimate of drug-likeness (QED) is 0.815. The van der Waals surface area contributed by atoms with Crippen LogP contribution in [0.2, 0.25) is 0 Å². The summed E-state index contributed by atoms with van der Waals surface area (Å²) in [4.78, 5) is 4.25. The van der Waals surface area contributed by atoms with Crippen LogP contribution in [0.3, 0.4) is 0 Å². The molecule has 0 spiro atoms. The van der Waals surface area contributed by atoms with Gasteiger partial charge in [-0.3, -0.25) is 0 Å². The van der Waals surface area contributed by atoms with E-state index in [1.807, 2.05) is 0 Å². The summed E-state index contributed by atoms with van der Waals surface area (Å²) in [5, 5.41) is 0.312. The zero-order valence-electron chi connectivity index (χ0n) is 8.80. The minimum absolute atomic E-state index is 0.139. The number of pyridine rings is 1. The van der Waals surface area contributed by atoms with Crippen molar-refractivity contribution in [2.24, 2.45) is 0 Å². The fourth-order valence-corrected chi connectivity index (χ4v) is 2.47. The van der Waals surface area contributed by atoms with E-state index in [2.05, 4.69) is 20.9 Å². The van der Waals surface area contributed by atoms with Crippen LogP contribution in [-0.2, 0) is 0 Å². The molecule has 1 aliphatic carbocycles. The summed E-state index contributed by atoms with van der Waals surface area (Å²) in [5.41, 5.74) is 7.16. The van der Waals surface area contributed by atoms with Gasteiger partial charge in [-0.2, -0.15) is 0 Å². The number of fused-ring (bicyclic) bond motifs is 1. The molecule has 2 nitrogen and oxygen atoms in total. The third kappa shape index (κ3) is 1.69. The van der Waals surface area contributed by atoms with Crippen molar-refractivity contribution in [1.29, 1.82) is 0 Å². The molecule has 0 unspecified atom stereocenters. The number of hydrogen-bond acceptors (Lipinski definition) is 2. The predicted octanol–water partition coefficient (Wildman–Crippen LogP) is 3.74. The van der Waals surface area contributed by atoms with E-state index in [9.17, 15) is 8.78 Å². The van der Waals surface area contributed by atoms with Crippen LogP contribution in [-0.4, -0.2) is 4.98 Å². The number of rotatable bonds is 1. The summed E-state index contributed by atoms with van der Waals surface area (Å²) in [6.07, 6.45) is 2.11. The Labute approximate surface area is 105 Å². The van der Waals surface area contributed by atoms with Gasteiger partial charge in [0.25, 0.3) is 0 Å². The Morgan fingerprint density at radius 1 is 1.24 bits per heavy atom. The van der Waals surface area contributed by atoms with Gasteiger partial charge < -0.3 is 5.73 Å². The maximum atomic E-state index is 13.7. The average molecular weight is 299 g/mol. The molecule has 1 saturated carbocycles. The highest BCUT2D eigenvalue weighted by atomic mass is 79.9. The highest BCUT2D eigenvalue weighted by Crippen LogP contribution is 2.42. The van der Waals surface area contributed by atoms with Crippen LogP contribution in [0.15, 0.2) is 16.6 Å². The highest BCUT2D eigenvalue weighted by Gasteiger charge is 2.27. The first-order valence-corrected chi connectivity index (χ1v) is 6.11. The molecule has 3 rings (SSSR count). The molecule has 1 aromatic carbocycles. The second-order valence-corrected chi connectivity index (χ2v) is 5.08. The van der Waals surface area contributed by atoms with Gasteiger partial charge in [-0.25, -0.2) is 13.8 Å². The molecule has 2 aromatic rings. The van der Waals surface area contributed by atoms with Crippen molar-refractivity contribution < 1.29 is 8.78 Å². The van der Waals surface area contributed by atoms with Gasteiger partial charge >= 0.3 is 0 Å². The normalized spacial score (nSPS) is 15.5.